The van der Waals surface area contributed by atoms with Gasteiger partial charge >= 0.3 is 0 Å². The first-order chi connectivity index (χ1) is 9.10. The molecule has 0 aromatic carbocycles. The number of nitrogens with one attached hydrogen (secondary N) is 1. The minimum absolute atomic E-state index is 0.225. The van der Waals surface area contributed by atoms with Gasteiger partial charge in [0.1, 0.15) is 5.69 Å². The molecule has 0 unspecified atom stereocenters. The number of methoxy groups -OCH3 is 1. The van der Waals surface area contributed by atoms with Crippen molar-refractivity contribution in [3.8, 4) is 5.88 Å². The number of aromatic nitrogens is 2. The second kappa shape index (κ2) is 4.73. The molecule has 19 heavy (non-hydrogen) atoms. The van der Waals surface area contributed by atoms with Gasteiger partial charge in [0.05, 0.1) is 18.3 Å². The molecule has 2 heterocycles. The van der Waals surface area contributed by atoms with E-state index in [0.717, 1.165) is 29.4 Å². The highest BCUT2D eigenvalue weighted by atomic mass is 32.2. The summed E-state index contributed by atoms with van der Waals surface area (Å²) >= 11 is 2.36. The number of sulfonamides is 1. The first kappa shape index (κ1) is 12.8. The lowest BCUT2D eigenvalue weighted by atomic mass is 10.5. The van der Waals surface area contributed by atoms with Gasteiger partial charge in [0.15, 0.2) is 4.21 Å². The van der Waals surface area contributed by atoms with Gasteiger partial charge in [0, 0.05) is 11.3 Å². The maximum Gasteiger partial charge on any atom is 0.273 e. The normalized spacial score (nSPS) is 15.4. The van der Waals surface area contributed by atoms with E-state index in [9.17, 15) is 8.42 Å². The largest absolute Gasteiger partial charge is 0.479 e. The first-order valence-electron chi connectivity index (χ1n) is 5.57. The van der Waals surface area contributed by atoms with Crippen molar-refractivity contribution in [3.63, 3.8) is 0 Å². The number of nitrogens with zero attached hydrogens (tertiary/aromatic N) is 2. The zero-order chi connectivity index (χ0) is 13.5. The van der Waals surface area contributed by atoms with Crippen LogP contribution in [0.15, 0.2) is 15.8 Å². The van der Waals surface area contributed by atoms with Crippen molar-refractivity contribution in [3.05, 3.63) is 16.6 Å². The molecule has 1 aliphatic rings. The van der Waals surface area contributed by atoms with Gasteiger partial charge in [-0.15, -0.1) is 11.3 Å². The van der Waals surface area contributed by atoms with Crippen LogP contribution in [0.3, 0.4) is 0 Å². The molecule has 0 radical (unpaired) electrons. The summed E-state index contributed by atoms with van der Waals surface area (Å²) in [5.74, 6) is 0.729. The molecule has 0 atom stereocenters. The minimum Gasteiger partial charge on any atom is -0.479 e. The summed E-state index contributed by atoms with van der Waals surface area (Å²) in [5, 5.41) is 2.50. The van der Waals surface area contributed by atoms with Crippen molar-refractivity contribution < 1.29 is 13.2 Å². The standard InChI is InChI=1S/C10H11N3O3S3/c1-16-9-7(5-17-12-9)13-19(14,15)8-4-11-10(18-8)6-2-3-6/h4-6,13H,2-3H2,1H3. The number of hydrogen-bond donors (Lipinski definition) is 1. The molecule has 0 spiro atoms. The van der Waals surface area contributed by atoms with E-state index in [4.69, 9.17) is 4.74 Å². The van der Waals surface area contributed by atoms with E-state index >= 15 is 0 Å². The third kappa shape index (κ3) is 2.58. The summed E-state index contributed by atoms with van der Waals surface area (Å²) in [6, 6.07) is 0. The highest BCUT2D eigenvalue weighted by Gasteiger charge is 2.29. The molecule has 2 aromatic rings. The van der Waals surface area contributed by atoms with Crippen molar-refractivity contribution >= 4 is 38.6 Å². The maximum atomic E-state index is 12.2. The Bertz CT molecular complexity index is 688. The van der Waals surface area contributed by atoms with Crippen LogP contribution in [0.4, 0.5) is 5.69 Å². The van der Waals surface area contributed by atoms with Gasteiger partial charge in [-0.25, -0.2) is 13.4 Å². The van der Waals surface area contributed by atoms with Crippen molar-refractivity contribution in [2.24, 2.45) is 0 Å². The summed E-state index contributed by atoms with van der Waals surface area (Å²) in [5.41, 5.74) is 0.355. The molecule has 3 rings (SSSR count). The van der Waals surface area contributed by atoms with Crippen molar-refractivity contribution in [2.75, 3.05) is 11.8 Å². The Morgan fingerprint density at radius 1 is 1.47 bits per heavy atom. The van der Waals surface area contributed by atoms with Crippen LogP contribution in [0.5, 0.6) is 5.88 Å². The van der Waals surface area contributed by atoms with Crippen LogP contribution in [-0.4, -0.2) is 24.9 Å². The molecular formula is C10H11N3O3S3. The molecule has 9 heteroatoms. The fraction of sp³-hybridized carbons (Fsp3) is 0.400. The Morgan fingerprint density at radius 2 is 2.26 bits per heavy atom. The molecule has 0 aliphatic heterocycles. The van der Waals surface area contributed by atoms with Gasteiger partial charge in [-0.1, -0.05) is 0 Å². The monoisotopic (exact) mass is 317 g/mol. The molecule has 1 aliphatic carbocycles. The van der Waals surface area contributed by atoms with Gasteiger partial charge in [0.25, 0.3) is 10.0 Å². The number of hydrogen-bond acceptors (Lipinski definition) is 7. The second-order valence-electron chi connectivity index (χ2n) is 4.13. The van der Waals surface area contributed by atoms with E-state index in [2.05, 4.69) is 14.1 Å². The average Bonchev–Trinajstić information content (AvgIpc) is 2.93. The Morgan fingerprint density at radius 3 is 2.95 bits per heavy atom. The maximum absolute atomic E-state index is 12.2. The Hall–Kier alpha value is -1.19. The van der Waals surface area contributed by atoms with Crippen LogP contribution in [-0.2, 0) is 10.0 Å². The molecule has 1 fully saturated rings. The Labute approximate surface area is 118 Å². The fourth-order valence-electron chi connectivity index (χ4n) is 1.55. The molecule has 0 amide bonds. The topological polar surface area (TPSA) is 81.2 Å². The van der Waals surface area contributed by atoms with Crippen molar-refractivity contribution in [2.45, 2.75) is 23.0 Å². The zero-order valence-corrected chi connectivity index (χ0v) is 12.4. The van der Waals surface area contributed by atoms with Crippen LogP contribution in [0.1, 0.15) is 23.8 Å². The van der Waals surface area contributed by atoms with Crippen LogP contribution in [0.25, 0.3) is 0 Å². The summed E-state index contributed by atoms with van der Waals surface area (Å²) in [6.45, 7) is 0. The third-order valence-electron chi connectivity index (χ3n) is 2.67. The van der Waals surface area contributed by atoms with Gasteiger partial charge in [-0.05, 0) is 24.4 Å². The predicted molar refractivity (Wildman–Crippen MR) is 73.6 cm³/mol. The third-order valence-corrected chi connectivity index (χ3v) is 6.27. The molecular weight excluding hydrogens is 306 g/mol. The molecule has 0 saturated heterocycles. The van der Waals surface area contributed by atoms with Crippen LogP contribution in [0, 0.1) is 0 Å². The van der Waals surface area contributed by atoms with Gasteiger partial charge in [-0.2, -0.15) is 4.37 Å². The summed E-state index contributed by atoms with van der Waals surface area (Å²) in [6.07, 6.45) is 3.61. The van der Waals surface area contributed by atoms with Crippen LogP contribution < -0.4 is 9.46 Å². The fourth-order valence-corrected chi connectivity index (χ4v) is 4.58. The molecule has 102 valence electrons. The van der Waals surface area contributed by atoms with Crippen molar-refractivity contribution in [1.82, 2.24) is 9.36 Å². The van der Waals surface area contributed by atoms with E-state index in [1.807, 2.05) is 0 Å². The predicted octanol–water partition coefficient (Wildman–Crippen LogP) is 2.29. The highest BCUT2D eigenvalue weighted by Crippen LogP contribution is 2.42. The van der Waals surface area contributed by atoms with E-state index in [0.29, 0.717) is 11.6 Å². The quantitative estimate of drug-likeness (QED) is 0.915. The first-order valence-corrected chi connectivity index (χ1v) is 8.70. The Balaban J connectivity index is 1.85. The summed E-state index contributed by atoms with van der Waals surface area (Å²) < 4.78 is 36.0. The summed E-state index contributed by atoms with van der Waals surface area (Å²) in [4.78, 5) is 4.17. The Kier molecular flexibility index (Phi) is 3.19. The number of anilines is 1. The zero-order valence-electron chi connectivity index (χ0n) is 9.99. The lowest BCUT2D eigenvalue weighted by Gasteiger charge is -2.04. The molecule has 0 bridgehead atoms. The van der Waals surface area contributed by atoms with Gasteiger partial charge < -0.3 is 4.74 Å². The van der Waals surface area contributed by atoms with Crippen molar-refractivity contribution in [1.29, 1.82) is 0 Å². The minimum atomic E-state index is -3.61. The van der Waals surface area contributed by atoms with Crippen LogP contribution in [0.2, 0.25) is 0 Å². The van der Waals surface area contributed by atoms with E-state index in [-0.39, 0.29) is 10.1 Å². The SMILES string of the molecule is COc1nscc1NS(=O)(=O)c1cnc(C2CC2)s1. The van der Waals surface area contributed by atoms with E-state index in [1.54, 1.807) is 5.38 Å². The lowest BCUT2D eigenvalue weighted by Crippen LogP contribution is -2.11. The number of thiazole rings is 1. The lowest BCUT2D eigenvalue weighted by molar-refractivity contribution is 0.405. The van der Waals surface area contributed by atoms with Gasteiger partial charge in [0.2, 0.25) is 5.88 Å². The molecule has 1 saturated carbocycles. The molecule has 6 nitrogen and oxygen atoms in total. The number of ether oxygens (including phenoxy) is 1. The van der Waals surface area contributed by atoms with Gasteiger partial charge in [-0.3, -0.25) is 4.72 Å². The highest BCUT2D eigenvalue weighted by molar-refractivity contribution is 7.94. The smallest absolute Gasteiger partial charge is 0.273 e. The second-order valence-corrected chi connectivity index (χ2v) is 7.74. The molecule has 2 aromatic heterocycles. The van der Waals surface area contributed by atoms with Crippen LogP contribution >= 0.6 is 22.9 Å². The summed E-state index contributed by atoms with van der Waals surface area (Å²) in [7, 11) is -2.16. The average molecular weight is 317 g/mol. The van der Waals surface area contributed by atoms with E-state index in [1.165, 1.54) is 24.6 Å². The van der Waals surface area contributed by atoms with E-state index < -0.39 is 10.0 Å². The molecule has 1 N–H and O–H groups in total. The number of rotatable bonds is 5.